The van der Waals surface area contributed by atoms with Crippen molar-refractivity contribution in [3.8, 4) is 0 Å². The molecule has 3 nitrogen and oxygen atoms in total. The zero-order chi connectivity index (χ0) is 12.4. The summed E-state index contributed by atoms with van der Waals surface area (Å²) < 4.78 is 0. The first-order chi connectivity index (χ1) is 8.82. The summed E-state index contributed by atoms with van der Waals surface area (Å²) in [6.45, 7) is 6.81. The van der Waals surface area contributed by atoms with Crippen molar-refractivity contribution in [1.29, 1.82) is 0 Å². The molecule has 2 aliphatic rings. The molecule has 2 heterocycles. The van der Waals surface area contributed by atoms with Crippen LogP contribution in [-0.2, 0) is 0 Å². The van der Waals surface area contributed by atoms with E-state index in [0.717, 1.165) is 26.3 Å². The Morgan fingerprint density at radius 2 is 1.83 bits per heavy atom. The topological polar surface area (TPSA) is 27.3 Å². The van der Waals surface area contributed by atoms with Gasteiger partial charge in [-0.3, -0.25) is 4.90 Å². The second-order valence-corrected chi connectivity index (χ2v) is 5.62. The molecule has 1 spiro atoms. The van der Waals surface area contributed by atoms with Crippen molar-refractivity contribution in [3.63, 3.8) is 0 Å². The van der Waals surface area contributed by atoms with Crippen molar-refractivity contribution < 1.29 is 0 Å². The fourth-order valence-corrected chi connectivity index (χ4v) is 3.49. The van der Waals surface area contributed by atoms with Crippen molar-refractivity contribution in [1.82, 2.24) is 15.5 Å². The summed E-state index contributed by atoms with van der Waals surface area (Å²) in [6, 6.07) is 11.4. The molecule has 98 valence electrons. The molecule has 0 amide bonds. The van der Waals surface area contributed by atoms with Crippen LogP contribution in [0.3, 0.4) is 0 Å². The SMILES string of the molecule is C[C@@H](c1ccccc1)N1CNCC12CCNCC2. The minimum Gasteiger partial charge on any atom is -0.317 e. The highest BCUT2D eigenvalue weighted by atomic mass is 15.4. The van der Waals surface area contributed by atoms with E-state index in [1.165, 1.54) is 18.4 Å². The third-order valence-corrected chi connectivity index (χ3v) is 4.63. The Morgan fingerprint density at radius 1 is 1.11 bits per heavy atom. The molecule has 1 aromatic rings. The van der Waals surface area contributed by atoms with E-state index >= 15 is 0 Å². The molecule has 18 heavy (non-hydrogen) atoms. The lowest BCUT2D eigenvalue weighted by molar-refractivity contribution is 0.0718. The van der Waals surface area contributed by atoms with Gasteiger partial charge in [0.25, 0.3) is 0 Å². The fourth-order valence-electron chi connectivity index (χ4n) is 3.49. The van der Waals surface area contributed by atoms with Gasteiger partial charge in [0.15, 0.2) is 0 Å². The van der Waals surface area contributed by atoms with Gasteiger partial charge in [-0.15, -0.1) is 0 Å². The maximum absolute atomic E-state index is 3.58. The zero-order valence-corrected chi connectivity index (χ0v) is 11.2. The van der Waals surface area contributed by atoms with Crippen LogP contribution in [0.2, 0.25) is 0 Å². The van der Waals surface area contributed by atoms with Crippen LogP contribution in [0.1, 0.15) is 31.4 Å². The first kappa shape index (κ1) is 12.2. The molecular formula is C15H23N3. The third-order valence-electron chi connectivity index (χ3n) is 4.63. The summed E-state index contributed by atoms with van der Waals surface area (Å²) in [5.74, 6) is 0. The fraction of sp³-hybridized carbons (Fsp3) is 0.600. The van der Waals surface area contributed by atoms with E-state index in [4.69, 9.17) is 0 Å². The smallest absolute Gasteiger partial charge is 0.0492 e. The summed E-state index contributed by atoms with van der Waals surface area (Å²) in [5, 5.41) is 7.06. The maximum atomic E-state index is 3.58. The maximum Gasteiger partial charge on any atom is 0.0492 e. The third kappa shape index (κ3) is 2.07. The van der Waals surface area contributed by atoms with Crippen molar-refractivity contribution >= 4 is 0 Å². The molecule has 2 saturated heterocycles. The molecule has 3 heteroatoms. The van der Waals surface area contributed by atoms with Crippen molar-refractivity contribution in [2.75, 3.05) is 26.3 Å². The predicted octanol–water partition coefficient (Wildman–Crippen LogP) is 1.73. The summed E-state index contributed by atoms with van der Waals surface area (Å²) >= 11 is 0. The molecule has 0 saturated carbocycles. The van der Waals surface area contributed by atoms with Crippen LogP contribution >= 0.6 is 0 Å². The van der Waals surface area contributed by atoms with E-state index < -0.39 is 0 Å². The van der Waals surface area contributed by atoms with Gasteiger partial charge in [0.05, 0.1) is 0 Å². The van der Waals surface area contributed by atoms with E-state index in [9.17, 15) is 0 Å². The number of nitrogens with one attached hydrogen (secondary N) is 2. The summed E-state index contributed by atoms with van der Waals surface area (Å²) in [4.78, 5) is 2.67. The molecule has 1 atom stereocenters. The van der Waals surface area contributed by atoms with E-state index in [2.05, 4.69) is 52.8 Å². The zero-order valence-electron chi connectivity index (χ0n) is 11.2. The Hall–Kier alpha value is -0.900. The molecule has 2 fully saturated rings. The Kier molecular flexibility index (Phi) is 3.37. The van der Waals surface area contributed by atoms with Gasteiger partial charge < -0.3 is 10.6 Å². The molecule has 3 rings (SSSR count). The van der Waals surface area contributed by atoms with Crippen LogP contribution in [0.25, 0.3) is 0 Å². The van der Waals surface area contributed by atoms with E-state index in [1.807, 2.05) is 0 Å². The van der Waals surface area contributed by atoms with Gasteiger partial charge >= 0.3 is 0 Å². The number of nitrogens with zero attached hydrogens (tertiary/aromatic N) is 1. The molecule has 0 radical (unpaired) electrons. The highest BCUT2D eigenvalue weighted by Gasteiger charge is 2.43. The van der Waals surface area contributed by atoms with Gasteiger partial charge in [0, 0.05) is 24.8 Å². The Morgan fingerprint density at radius 3 is 2.56 bits per heavy atom. The van der Waals surface area contributed by atoms with Crippen LogP contribution in [0.5, 0.6) is 0 Å². The van der Waals surface area contributed by atoms with Crippen molar-refractivity contribution in [3.05, 3.63) is 35.9 Å². The van der Waals surface area contributed by atoms with Gasteiger partial charge in [0.1, 0.15) is 0 Å². The number of rotatable bonds is 2. The molecular weight excluding hydrogens is 222 g/mol. The number of hydrogen-bond acceptors (Lipinski definition) is 3. The van der Waals surface area contributed by atoms with Crippen molar-refractivity contribution in [2.24, 2.45) is 0 Å². The predicted molar refractivity (Wildman–Crippen MR) is 74.4 cm³/mol. The van der Waals surface area contributed by atoms with E-state index in [0.29, 0.717) is 11.6 Å². The van der Waals surface area contributed by atoms with Gasteiger partial charge in [-0.2, -0.15) is 0 Å². The van der Waals surface area contributed by atoms with Crippen LogP contribution in [0, 0.1) is 0 Å². The average Bonchev–Trinajstić information content (AvgIpc) is 2.83. The molecule has 2 N–H and O–H groups in total. The van der Waals surface area contributed by atoms with Gasteiger partial charge in [0.2, 0.25) is 0 Å². The van der Waals surface area contributed by atoms with Crippen LogP contribution in [-0.4, -0.2) is 36.7 Å². The van der Waals surface area contributed by atoms with Crippen LogP contribution in [0.4, 0.5) is 0 Å². The van der Waals surface area contributed by atoms with E-state index in [1.54, 1.807) is 0 Å². The normalized spacial score (nSPS) is 25.4. The average molecular weight is 245 g/mol. The quantitative estimate of drug-likeness (QED) is 0.831. The van der Waals surface area contributed by atoms with Crippen LogP contribution < -0.4 is 10.6 Å². The van der Waals surface area contributed by atoms with Crippen LogP contribution in [0.15, 0.2) is 30.3 Å². The standard InChI is InChI=1S/C15H23N3/c1-13(14-5-3-2-4-6-14)18-12-17-11-15(18)7-9-16-10-8-15/h2-6,13,16-17H,7-12H2,1H3/t13-/m0/s1. The van der Waals surface area contributed by atoms with E-state index in [-0.39, 0.29) is 0 Å². The highest BCUT2D eigenvalue weighted by Crippen LogP contribution is 2.35. The Balaban J connectivity index is 1.82. The number of benzene rings is 1. The van der Waals surface area contributed by atoms with Gasteiger partial charge in [-0.1, -0.05) is 30.3 Å². The first-order valence-electron chi connectivity index (χ1n) is 7.05. The van der Waals surface area contributed by atoms with Crippen molar-refractivity contribution in [2.45, 2.75) is 31.3 Å². The summed E-state index contributed by atoms with van der Waals surface area (Å²) in [7, 11) is 0. The van der Waals surface area contributed by atoms with Gasteiger partial charge in [-0.25, -0.2) is 0 Å². The first-order valence-corrected chi connectivity index (χ1v) is 7.05. The monoisotopic (exact) mass is 245 g/mol. The summed E-state index contributed by atoms with van der Waals surface area (Å²) in [6.07, 6.45) is 2.52. The highest BCUT2D eigenvalue weighted by molar-refractivity contribution is 5.20. The largest absolute Gasteiger partial charge is 0.317 e. The molecule has 0 aromatic heterocycles. The Bertz CT molecular complexity index is 384. The Labute approximate surface area is 110 Å². The lowest BCUT2D eigenvalue weighted by Gasteiger charge is -2.44. The summed E-state index contributed by atoms with van der Waals surface area (Å²) in [5.41, 5.74) is 1.81. The lowest BCUT2D eigenvalue weighted by Crippen LogP contribution is -2.53. The molecule has 1 aromatic carbocycles. The second kappa shape index (κ2) is 5.00. The molecule has 0 bridgehead atoms. The number of hydrogen-bond donors (Lipinski definition) is 2. The minimum absolute atomic E-state index is 0.376. The number of piperidine rings is 1. The minimum atomic E-state index is 0.376. The van der Waals surface area contributed by atoms with Gasteiger partial charge in [-0.05, 0) is 38.4 Å². The second-order valence-electron chi connectivity index (χ2n) is 5.62. The lowest BCUT2D eigenvalue weighted by atomic mass is 9.86. The molecule has 2 aliphatic heterocycles. The molecule has 0 unspecified atom stereocenters. The molecule has 0 aliphatic carbocycles.